The Hall–Kier alpha value is -3.58. The molecule has 32 heavy (non-hydrogen) atoms. The maximum Gasteiger partial charge on any atom is 0.250 e. The maximum atomic E-state index is 12.4. The third-order valence-corrected chi connectivity index (χ3v) is 5.92. The molecule has 3 aromatic carbocycles. The van der Waals surface area contributed by atoms with E-state index in [2.05, 4.69) is 52.3 Å². The molecule has 0 aliphatic heterocycles. The summed E-state index contributed by atoms with van der Waals surface area (Å²) >= 11 is 1.40. The molecule has 162 valence electrons. The largest absolute Gasteiger partial charge is 0.496 e. The average Bonchev–Trinajstić information content (AvgIpc) is 3.17. The van der Waals surface area contributed by atoms with Crippen molar-refractivity contribution in [2.45, 2.75) is 18.6 Å². The van der Waals surface area contributed by atoms with Crippen molar-refractivity contribution in [2.24, 2.45) is 5.10 Å². The van der Waals surface area contributed by atoms with Gasteiger partial charge in [-0.25, -0.2) is 10.4 Å². The van der Waals surface area contributed by atoms with Crippen molar-refractivity contribution >= 4 is 34.9 Å². The van der Waals surface area contributed by atoms with Gasteiger partial charge in [0.15, 0.2) is 5.16 Å². The number of aryl methyl sites for hydroxylation is 1. The monoisotopic (exact) mass is 444 g/mol. The fourth-order valence-corrected chi connectivity index (χ4v) is 4.11. The molecule has 0 radical (unpaired) electrons. The predicted molar refractivity (Wildman–Crippen MR) is 129 cm³/mol. The number of hydrogen-bond donors (Lipinski definition) is 1. The first kappa shape index (κ1) is 21.6. The summed E-state index contributed by atoms with van der Waals surface area (Å²) in [6.07, 6.45) is 1.58. The van der Waals surface area contributed by atoms with Crippen molar-refractivity contribution < 1.29 is 9.53 Å². The van der Waals surface area contributed by atoms with Crippen LogP contribution >= 0.6 is 11.8 Å². The average molecular weight is 445 g/mol. The molecular weight excluding hydrogens is 420 g/mol. The van der Waals surface area contributed by atoms with Crippen molar-refractivity contribution in [3.05, 3.63) is 89.5 Å². The summed E-state index contributed by atoms with van der Waals surface area (Å²) in [5.41, 5.74) is 7.75. The van der Waals surface area contributed by atoms with E-state index < -0.39 is 0 Å². The molecule has 4 rings (SSSR count). The second-order valence-electron chi connectivity index (χ2n) is 7.28. The first-order chi connectivity index (χ1) is 15.6. The van der Waals surface area contributed by atoms with Crippen LogP contribution in [-0.2, 0) is 11.3 Å². The van der Waals surface area contributed by atoms with Gasteiger partial charge in [0.05, 0.1) is 36.7 Å². The number of rotatable bonds is 8. The number of nitrogens with one attached hydrogen (secondary N) is 1. The molecule has 0 bridgehead atoms. The molecule has 1 N–H and O–H groups in total. The summed E-state index contributed by atoms with van der Waals surface area (Å²) in [6, 6.07) is 24.0. The fourth-order valence-electron chi connectivity index (χ4n) is 3.30. The van der Waals surface area contributed by atoms with Gasteiger partial charge in [-0.15, -0.1) is 0 Å². The number of hydrogen-bond acceptors (Lipinski definition) is 5. The van der Waals surface area contributed by atoms with E-state index in [1.807, 2.05) is 42.5 Å². The van der Waals surface area contributed by atoms with Crippen LogP contribution in [-0.4, -0.2) is 34.5 Å². The molecule has 4 aromatic rings. The van der Waals surface area contributed by atoms with Crippen molar-refractivity contribution in [1.29, 1.82) is 0 Å². The number of thioether (sulfide) groups is 1. The predicted octanol–water partition coefficient (Wildman–Crippen LogP) is 4.64. The Morgan fingerprint density at radius 3 is 2.66 bits per heavy atom. The lowest BCUT2D eigenvalue weighted by Crippen LogP contribution is -2.20. The number of amides is 1. The van der Waals surface area contributed by atoms with E-state index in [1.165, 1.54) is 22.9 Å². The van der Waals surface area contributed by atoms with Crippen molar-refractivity contribution in [2.75, 3.05) is 12.9 Å². The van der Waals surface area contributed by atoms with Crippen LogP contribution < -0.4 is 10.2 Å². The SMILES string of the molecule is COc1ccccc1C=NNC(=O)CSc1nc2ccccc2n1Cc1ccc(C)cc1. The van der Waals surface area contributed by atoms with Crippen molar-refractivity contribution in [3.8, 4) is 5.75 Å². The number of fused-ring (bicyclic) bond motifs is 1. The van der Waals surface area contributed by atoms with E-state index in [-0.39, 0.29) is 11.7 Å². The molecular formula is C25H24N4O2S. The molecule has 7 heteroatoms. The smallest absolute Gasteiger partial charge is 0.250 e. The first-order valence-electron chi connectivity index (χ1n) is 10.2. The Bertz CT molecular complexity index is 1250. The fraction of sp³-hybridized carbons (Fsp3) is 0.160. The lowest BCUT2D eigenvalue weighted by molar-refractivity contribution is -0.118. The summed E-state index contributed by atoms with van der Waals surface area (Å²) in [6.45, 7) is 2.77. The third kappa shape index (κ3) is 5.18. The van der Waals surface area contributed by atoms with Gasteiger partial charge in [-0.2, -0.15) is 5.10 Å². The van der Waals surface area contributed by atoms with Crippen LogP contribution in [0.1, 0.15) is 16.7 Å². The zero-order chi connectivity index (χ0) is 22.3. The third-order valence-electron chi connectivity index (χ3n) is 4.94. The number of carbonyl (C=O) groups is 1. The van der Waals surface area contributed by atoms with Crippen molar-refractivity contribution in [3.63, 3.8) is 0 Å². The summed E-state index contributed by atoms with van der Waals surface area (Å²) in [5, 5.41) is 4.86. The lowest BCUT2D eigenvalue weighted by Gasteiger charge is -2.09. The Morgan fingerprint density at radius 1 is 1.09 bits per heavy atom. The van der Waals surface area contributed by atoms with Crippen LogP contribution in [0.4, 0.5) is 0 Å². The van der Waals surface area contributed by atoms with Crippen LogP contribution in [0.3, 0.4) is 0 Å². The van der Waals surface area contributed by atoms with Crippen LogP contribution in [0.25, 0.3) is 11.0 Å². The molecule has 0 aliphatic carbocycles. The molecule has 0 fully saturated rings. The van der Waals surface area contributed by atoms with E-state index in [1.54, 1.807) is 13.3 Å². The number of nitrogens with zero attached hydrogens (tertiary/aromatic N) is 3. The second-order valence-corrected chi connectivity index (χ2v) is 8.22. The summed E-state index contributed by atoms with van der Waals surface area (Å²) in [7, 11) is 1.60. The van der Waals surface area contributed by atoms with Gasteiger partial charge in [0.25, 0.3) is 5.91 Å². The highest BCUT2D eigenvalue weighted by molar-refractivity contribution is 7.99. The van der Waals surface area contributed by atoms with Crippen LogP contribution in [0.2, 0.25) is 0 Å². The minimum atomic E-state index is -0.199. The summed E-state index contributed by atoms with van der Waals surface area (Å²) in [4.78, 5) is 17.1. The molecule has 1 aromatic heterocycles. The van der Waals surface area contributed by atoms with E-state index in [0.29, 0.717) is 12.3 Å². The van der Waals surface area contributed by atoms with Gasteiger partial charge in [-0.1, -0.05) is 65.9 Å². The molecule has 0 aliphatic rings. The van der Waals surface area contributed by atoms with Gasteiger partial charge in [0.1, 0.15) is 5.75 Å². The van der Waals surface area contributed by atoms with Gasteiger partial charge in [-0.3, -0.25) is 4.79 Å². The number of carbonyl (C=O) groups excluding carboxylic acids is 1. The van der Waals surface area contributed by atoms with E-state index in [0.717, 1.165) is 21.8 Å². The Kier molecular flexibility index (Phi) is 6.87. The Labute approximate surface area is 191 Å². The molecule has 6 nitrogen and oxygen atoms in total. The van der Waals surface area contributed by atoms with Gasteiger partial charge < -0.3 is 9.30 Å². The standard InChI is InChI=1S/C25H24N4O2S/c1-18-11-13-19(14-12-18)16-29-22-9-5-4-8-21(22)27-25(29)32-17-24(30)28-26-15-20-7-3-6-10-23(20)31-2/h3-15H,16-17H2,1-2H3,(H,28,30). The number of methoxy groups -OCH3 is 1. The number of hydrazone groups is 1. The molecule has 0 saturated heterocycles. The number of para-hydroxylation sites is 3. The van der Waals surface area contributed by atoms with Gasteiger partial charge in [0, 0.05) is 5.56 Å². The summed E-state index contributed by atoms with van der Waals surface area (Å²) < 4.78 is 7.44. The Balaban J connectivity index is 1.45. The normalized spacial score (nSPS) is 11.2. The molecule has 0 saturated carbocycles. The molecule has 1 heterocycles. The highest BCUT2D eigenvalue weighted by Crippen LogP contribution is 2.25. The van der Waals surface area contributed by atoms with Crippen molar-refractivity contribution in [1.82, 2.24) is 15.0 Å². The summed E-state index contributed by atoms with van der Waals surface area (Å²) in [5.74, 6) is 0.709. The van der Waals surface area contributed by atoms with Crippen LogP contribution in [0.15, 0.2) is 83.1 Å². The van der Waals surface area contributed by atoms with E-state index in [4.69, 9.17) is 9.72 Å². The Morgan fingerprint density at radius 2 is 1.84 bits per heavy atom. The lowest BCUT2D eigenvalue weighted by atomic mass is 10.1. The minimum Gasteiger partial charge on any atom is -0.496 e. The van der Waals surface area contributed by atoms with Gasteiger partial charge >= 0.3 is 0 Å². The van der Waals surface area contributed by atoms with Crippen LogP contribution in [0.5, 0.6) is 5.75 Å². The number of benzene rings is 3. The van der Waals surface area contributed by atoms with Gasteiger partial charge in [0.2, 0.25) is 0 Å². The van der Waals surface area contributed by atoms with E-state index in [9.17, 15) is 4.79 Å². The second kappa shape index (κ2) is 10.2. The quantitative estimate of drug-likeness (QED) is 0.244. The number of aromatic nitrogens is 2. The van der Waals surface area contributed by atoms with E-state index >= 15 is 0 Å². The van der Waals surface area contributed by atoms with Crippen LogP contribution in [0, 0.1) is 6.92 Å². The molecule has 0 spiro atoms. The van der Waals surface area contributed by atoms with Gasteiger partial charge in [-0.05, 0) is 36.8 Å². The zero-order valence-corrected chi connectivity index (χ0v) is 18.8. The minimum absolute atomic E-state index is 0.199. The highest BCUT2D eigenvalue weighted by atomic mass is 32.2. The highest BCUT2D eigenvalue weighted by Gasteiger charge is 2.13. The number of imidazole rings is 1. The maximum absolute atomic E-state index is 12.4. The zero-order valence-electron chi connectivity index (χ0n) is 18.0. The molecule has 1 amide bonds. The molecule has 0 atom stereocenters. The topological polar surface area (TPSA) is 68.5 Å². The number of ether oxygens (including phenoxy) is 1. The first-order valence-corrected chi connectivity index (χ1v) is 11.2. The molecule has 0 unspecified atom stereocenters.